The first-order valence-corrected chi connectivity index (χ1v) is 4.94. The van der Waals surface area contributed by atoms with Gasteiger partial charge in [-0.15, -0.1) is 0 Å². The number of nitrogens with one attached hydrogen (secondary N) is 1. The lowest BCUT2D eigenvalue weighted by molar-refractivity contribution is 0.293. The fourth-order valence-corrected chi connectivity index (χ4v) is 2.47. The fraction of sp³-hybridized carbons (Fsp3) is 0.778. The summed E-state index contributed by atoms with van der Waals surface area (Å²) in [7, 11) is 2.06. The van der Waals surface area contributed by atoms with Crippen LogP contribution in [0.3, 0.4) is 0 Å². The molecular formula is C9H15ClN2. The van der Waals surface area contributed by atoms with Gasteiger partial charge in [0, 0.05) is 12.5 Å². The van der Waals surface area contributed by atoms with Crippen LogP contribution in [-0.2, 0) is 0 Å². The Balaban J connectivity index is 2.26. The molecule has 1 aliphatic carbocycles. The zero-order chi connectivity index (χ0) is 8.77. The van der Waals surface area contributed by atoms with Gasteiger partial charge >= 0.3 is 0 Å². The minimum atomic E-state index is 0.426. The minimum Gasteiger partial charge on any atom is -0.313 e. The van der Waals surface area contributed by atoms with E-state index in [9.17, 15) is 0 Å². The van der Waals surface area contributed by atoms with Crippen molar-refractivity contribution in [2.24, 2.45) is 5.41 Å². The second-order valence-electron chi connectivity index (χ2n) is 3.78. The Hall–Kier alpha value is -0.210. The van der Waals surface area contributed by atoms with Crippen molar-refractivity contribution in [3.8, 4) is 0 Å². The molecule has 0 unspecified atom stereocenters. The molecule has 2 nitrogen and oxygen atoms in total. The van der Waals surface area contributed by atoms with Crippen LogP contribution in [0.4, 0.5) is 0 Å². The van der Waals surface area contributed by atoms with Crippen LogP contribution < -0.4 is 5.43 Å². The Morgan fingerprint density at radius 3 is 2.58 bits per heavy atom. The molecule has 0 atom stereocenters. The molecule has 0 aromatic heterocycles. The van der Waals surface area contributed by atoms with Crippen LogP contribution in [-0.4, -0.2) is 18.6 Å². The molecule has 0 aromatic carbocycles. The molecule has 0 radical (unpaired) electrons. The highest BCUT2D eigenvalue weighted by molar-refractivity contribution is 6.30. The summed E-state index contributed by atoms with van der Waals surface area (Å²) in [6.07, 6.45) is 3.83. The number of rotatable bonds is 2. The monoisotopic (exact) mass is 186 g/mol. The Kier molecular flexibility index (Phi) is 1.85. The van der Waals surface area contributed by atoms with Crippen molar-refractivity contribution in [2.75, 3.05) is 13.6 Å². The van der Waals surface area contributed by atoms with E-state index in [0.717, 1.165) is 11.6 Å². The molecule has 1 heterocycles. The molecule has 0 aromatic rings. The van der Waals surface area contributed by atoms with E-state index in [1.54, 1.807) is 0 Å². The van der Waals surface area contributed by atoms with E-state index in [-0.39, 0.29) is 0 Å². The van der Waals surface area contributed by atoms with Gasteiger partial charge in [0.15, 0.2) is 0 Å². The molecule has 0 spiro atoms. The van der Waals surface area contributed by atoms with Gasteiger partial charge in [0.1, 0.15) is 0 Å². The van der Waals surface area contributed by atoms with E-state index < -0.39 is 0 Å². The van der Waals surface area contributed by atoms with Crippen molar-refractivity contribution in [3.05, 3.63) is 10.7 Å². The summed E-state index contributed by atoms with van der Waals surface area (Å²) in [5.41, 5.74) is 4.99. The number of halogens is 1. The maximum Gasteiger partial charge on any atom is 0.0548 e. The average molecular weight is 187 g/mol. The van der Waals surface area contributed by atoms with Crippen LogP contribution >= 0.6 is 11.6 Å². The van der Waals surface area contributed by atoms with Crippen molar-refractivity contribution in [1.29, 1.82) is 0 Å². The lowest BCUT2D eigenvalue weighted by Crippen LogP contribution is -2.30. The lowest BCUT2D eigenvalue weighted by atomic mass is 9.99. The predicted octanol–water partition coefficient (Wildman–Crippen LogP) is 2.08. The van der Waals surface area contributed by atoms with Crippen LogP contribution in [0.5, 0.6) is 0 Å². The van der Waals surface area contributed by atoms with E-state index >= 15 is 0 Å². The van der Waals surface area contributed by atoms with Crippen LogP contribution in [0.25, 0.3) is 0 Å². The second kappa shape index (κ2) is 2.64. The molecule has 3 heteroatoms. The maximum absolute atomic E-state index is 6.15. The van der Waals surface area contributed by atoms with E-state index in [1.807, 2.05) is 0 Å². The fourth-order valence-electron chi connectivity index (χ4n) is 2.08. The maximum atomic E-state index is 6.15. The van der Waals surface area contributed by atoms with Crippen molar-refractivity contribution in [3.63, 3.8) is 0 Å². The van der Waals surface area contributed by atoms with Gasteiger partial charge in [-0.2, -0.15) is 0 Å². The van der Waals surface area contributed by atoms with Crippen LogP contribution in [0, 0.1) is 5.41 Å². The third kappa shape index (κ3) is 1.05. The standard InChI is InChI=1S/C9H15ClN2/c1-3-9(4-5-9)8-7(10)6-11-12(8)2/h11H,3-6H2,1-2H3. The minimum absolute atomic E-state index is 0.426. The Morgan fingerprint density at radius 1 is 1.58 bits per heavy atom. The normalized spacial score (nSPS) is 26.8. The van der Waals surface area contributed by atoms with Crippen LogP contribution in [0.15, 0.2) is 10.7 Å². The molecular weight excluding hydrogens is 172 g/mol. The van der Waals surface area contributed by atoms with Crippen molar-refractivity contribution < 1.29 is 0 Å². The third-order valence-corrected chi connectivity index (χ3v) is 3.41. The van der Waals surface area contributed by atoms with Gasteiger partial charge in [-0.25, -0.2) is 5.43 Å². The number of hydrogen-bond acceptors (Lipinski definition) is 2. The second-order valence-corrected chi connectivity index (χ2v) is 4.24. The van der Waals surface area contributed by atoms with E-state index in [1.165, 1.54) is 25.0 Å². The molecule has 68 valence electrons. The lowest BCUT2D eigenvalue weighted by Gasteiger charge is -2.23. The van der Waals surface area contributed by atoms with Gasteiger partial charge < -0.3 is 5.01 Å². The first-order valence-electron chi connectivity index (χ1n) is 4.56. The summed E-state index contributed by atoms with van der Waals surface area (Å²) in [6.45, 7) is 3.06. The summed E-state index contributed by atoms with van der Waals surface area (Å²) >= 11 is 6.15. The Bertz CT molecular complexity index is 231. The van der Waals surface area contributed by atoms with Gasteiger partial charge in [-0.3, -0.25) is 0 Å². The first-order chi connectivity index (χ1) is 5.69. The molecule has 0 amide bonds. The van der Waals surface area contributed by atoms with Crippen molar-refractivity contribution in [1.82, 2.24) is 10.4 Å². The summed E-state index contributed by atoms with van der Waals surface area (Å²) in [4.78, 5) is 0. The SMILES string of the molecule is CCC1(C2=C(Cl)CNN2C)CC1. The highest BCUT2D eigenvalue weighted by Gasteiger charge is 2.48. The molecule has 2 rings (SSSR count). The number of hydrazine groups is 1. The molecule has 0 bridgehead atoms. The number of nitrogens with zero attached hydrogens (tertiary/aromatic N) is 1. The van der Waals surface area contributed by atoms with Crippen molar-refractivity contribution >= 4 is 11.6 Å². The van der Waals surface area contributed by atoms with Gasteiger partial charge in [0.25, 0.3) is 0 Å². The van der Waals surface area contributed by atoms with Crippen molar-refractivity contribution in [2.45, 2.75) is 26.2 Å². The molecule has 1 aliphatic heterocycles. The summed E-state index contributed by atoms with van der Waals surface area (Å²) in [5, 5.41) is 3.11. The van der Waals surface area contributed by atoms with Crippen LogP contribution in [0.2, 0.25) is 0 Å². The zero-order valence-electron chi connectivity index (χ0n) is 7.65. The van der Waals surface area contributed by atoms with E-state index in [2.05, 4.69) is 24.4 Å². The topological polar surface area (TPSA) is 15.3 Å². The van der Waals surface area contributed by atoms with E-state index in [4.69, 9.17) is 11.6 Å². The summed E-state index contributed by atoms with van der Waals surface area (Å²) in [5.74, 6) is 0. The first kappa shape index (κ1) is 8.39. The van der Waals surface area contributed by atoms with Gasteiger partial charge in [-0.1, -0.05) is 18.5 Å². The van der Waals surface area contributed by atoms with Gasteiger partial charge in [0.2, 0.25) is 0 Å². The largest absolute Gasteiger partial charge is 0.313 e. The highest BCUT2D eigenvalue weighted by atomic mass is 35.5. The Labute approximate surface area is 78.5 Å². The summed E-state index contributed by atoms with van der Waals surface area (Å²) < 4.78 is 0. The molecule has 1 fully saturated rings. The third-order valence-electron chi connectivity index (χ3n) is 3.10. The molecule has 1 saturated carbocycles. The number of allylic oxidation sites excluding steroid dienone is 1. The molecule has 12 heavy (non-hydrogen) atoms. The quantitative estimate of drug-likeness (QED) is 0.711. The molecule has 1 N–H and O–H groups in total. The molecule has 0 saturated heterocycles. The zero-order valence-corrected chi connectivity index (χ0v) is 8.41. The molecule has 2 aliphatic rings. The smallest absolute Gasteiger partial charge is 0.0548 e. The number of hydrogen-bond donors (Lipinski definition) is 1. The predicted molar refractivity (Wildman–Crippen MR) is 50.6 cm³/mol. The summed E-state index contributed by atoms with van der Waals surface area (Å²) in [6, 6.07) is 0. The van der Waals surface area contributed by atoms with Gasteiger partial charge in [-0.05, 0) is 19.3 Å². The highest BCUT2D eigenvalue weighted by Crippen LogP contribution is 2.56. The van der Waals surface area contributed by atoms with Crippen LogP contribution in [0.1, 0.15) is 26.2 Å². The Morgan fingerprint density at radius 2 is 2.25 bits per heavy atom. The van der Waals surface area contributed by atoms with E-state index in [0.29, 0.717) is 5.41 Å². The van der Waals surface area contributed by atoms with Gasteiger partial charge in [0.05, 0.1) is 17.3 Å². The average Bonchev–Trinajstić information content (AvgIpc) is 2.77.